The van der Waals surface area contributed by atoms with Crippen molar-refractivity contribution in [1.82, 2.24) is 25.7 Å². The average molecular weight is 329 g/mol. The van der Waals surface area contributed by atoms with E-state index in [1.54, 1.807) is 6.92 Å². The monoisotopic (exact) mass is 329 g/mol. The molecule has 24 heavy (non-hydrogen) atoms. The number of hydrogen-bond acceptors (Lipinski definition) is 6. The van der Waals surface area contributed by atoms with E-state index in [0.717, 1.165) is 37.8 Å². The van der Waals surface area contributed by atoms with Crippen molar-refractivity contribution >= 4 is 5.91 Å². The Bertz CT molecular complexity index is 728. The highest BCUT2D eigenvalue weighted by Gasteiger charge is 2.28. The van der Waals surface area contributed by atoms with Gasteiger partial charge in [0.05, 0.1) is 17.0 Å². The first-order valence-electron chi connectivity index (χ1n) is 8.48. The SMILES string of the molecule is CCc1cc(C(=O)N[C@H]2CC[C@@H](Cc3nnc(C)o3)C2)c(C)nn1. The molecule has 0 saturated heterocycles. The van der Waals surface area contributed by atoms with Gasteiger partial charge in [-0.15, -0.1) is 10.2 Å². The Labute approximate surface area is 141 Å². The number of nitrogens with one attached hydrogen (secondary N) is 1. The highest BCUT2D eigenvalue weighted by Crippen LogP contribution is 2.28. The van der Waals surface area contributed by atoms with Gasteiger partial charge in [0.1, 0.15) is 0 Å². The molecular weight excluding hydrogens is 306 g/mol. The van der Waals surface area contributed by atoms with Gasteiger partial charge in [0, 0.05) is 19.4 Å². The fourth-order valence-electron chi connectivity index (χ4n) is 3.22. The van der Waals surface area contributed by atoms with Crippen LogP contribution in [-0.2, 0) is 12.8 Å². The van der Waals surface area contributed by atoms with Crippen molar-refractivity contribution in [2.24, 2.45) is 5.92 Å². The second-order valence-corrected chi connectivity index (χ2v) is 6.46. The van der Waals surface area contributed by atoms with E-state index < -0.39 is 0 Å². The molecule has 128 valence electrons. The number of nitrogens with zero attached hydrogens (tertiary/aromatic N) is 4. The molecule has 0 aromatic carbocycles. The van der Waals surface area contributed by atoms with Crippen molar-refractivity contribution in [2.75, 3.05) is 0 Å². The van der Waals surface area contributed by atoms with Crippen LogP contribution in [0.25, 0.3) is 0 Å². The average Bonchev–Trinajstić information content (AvgIpc) is 3.17. The molecule has 2 aromatic heterocycles. The highest BCUT2D eigenvalue weighted by atomic mass is 16.4. The molecule has 1 aliphatic carbocycles. The summed E-state index contributed by atoms with van der Waals surface area (Å²) in [6.07, 6.45) is 4.51. The van der Waals surface area contributed by atoms with Crippen molar-refractivity contribution in [3.63, 3.8) is 0 Å². The summed E-state index contributed by atoms with van der Waals surface area (Å²) in [6.45, 7) is 5.61. The lowest BCUT2D eigenvalue weighted by molar-refractivity contribution is 0.0935. The Hall–Kier alpha value is -2.31. The molecule has 7 nitrogen and oxygen atoms in total. The third-order valence-corrected chi connectivity index (χ3v) is 4.54. The summed E-state index contributed by atoms with van der Waals surface area (Å²) >= 11 is 0. The van der Waals surface area contributed by atoms with Gasteiger partial charge in [0.15, 0.2) is 0 Å². The van der Waals surface area contributed by atoms with Crippen molar-refractivity contribution < 1.29 is 9.21 Å². The van der Waals surface area contributed by atoms with E-state index in [1.807, 2.05) is 19.9 Å². The Morgan fingerprint density at radius 2 is 2.08 bits per heavy atom. The van der Waals surface area contributed by atoms with Gasteiger partial charge in [0.25, 0.3) is 5.91 Å². The van der Waals surface area contributed by atoms with Gasteiger partial charge >= 0.3 is 0 Å². The molecular formula is C17H23N5O2. The van der Waals surface area contributed by atoms with Gasteiger partial charge < -0.3 is 9.73 Å². The highest BCUT2D eigenvalue weighted by molar-refractivity contribution is 5.95. The van der Waals surface area contributed by atoms with E-state index in [1.165, 1.54) is 0 Å². The molecule has 2 atom stereocenters. The normalized spacial score (nSPS) is 20.3. The zero-order chi connectivity index (χ0) is 17.1. The number of hydrogen-bond donors (Lipinski definition) is 1. The minimum atomic E-state index is -0.0589. The topological polar surface area (TPSA) is 93.8 Å². The molecule has 7 heteroatoms. The minimum absolute atomic E-state index is 0.0589. The number of aromatic nitrogens is 4. The van der Waals surface area contributed by atoms with Crippen LogP contribution in [0.15, 0.2) is 10.5 Å². The quantitative estimate of drug-likeness (QED) is 0.903. The molecule has 1 saturated carbocycles. The molecule has 1 fully saturated rings. The lowest BCUT2D eigenvalue weighted by Gasteiger charge is -2.14. The zero-order valence-electron chi connectivity index (χ0n) is 14.4. The Morgan fingerprint density at radius 3 is 2.79 bits per heavy atom. The molecule has 2 aromatic rings. The van der Waals surface area contributed by atoms with E-state index in [-0.39, 0.29) is 11.9 Å². The molecule has 0 bridgehead atoms. The Kier molecular flexibility index (Phi) is 4.87. The van der Waals surface area contributed by atoms with Crippen molar-refractivity contribution in [3.8, 4) is 0 Å². The molecule has 3 rings (SSSR count). The van der Waals surface area contributed by atoms with Crippen LogP contribution >= 0.6 is 0 Å². The maximum atomic E-state index is 12.5. The first-order valence-corrected chi connectivity index (χ1v) is 8.48. The maximum absolute atomic E-state index is 12.5. The van der Waals surface area contributed by atoms with Gasteiger partial charge in [-0.25, -0.2) is 0 Å². The lowest BCUT2D eigenvalue weighted by Crippen LogP contribution is -2.33. The molecule has 1 amide bonds. The second kappa shape index (κ2) is 7.07. The fourth-order valence-corrected chi connectivity index (χ4v) is 3.22. The minimum Gasteiger partial charge on any atom is -0.426 e. The Balaban J connectivity index is 1.58. The van der Waals surface area contributed by atoms with Gasteiger partial charge in [-0.05, 0) is 44.6 Å². The summed E-state index contributed by atoms with van der Waals surface area (Å²) in [6, 6.07) is 2.02. The van der Waals surface area contributed by atoms with Crippen molar-refractivity contribution in [3.05, 3.63) is 34.8 Å². The van der Waals surface area contributed by atoms with Crippen LogP contribution in [0.2, 0.25) is 0 Å². The van der Waals surface area contributed by atoms with E-state index in [2.05, 4.69) is 25.7 Å². The fraction of sp³-hybridized carbons (Fsp3) is 0.588. The number of carbonyl (C=O) groups excluding carboxylic acids is 1. The number of aryl methyl sites for hydroxylation is 3. The van der Waals surface area contributed by atoms with Crippen LogP contribution in [0.5, 0.6) is 0 Å². The third kappa shape index (κ3) is 3.77. The summed E-state index contributed by atoms with van der Waals surface area (Å²) in [5.41, 5.74) is 2.13. The first-order chi connectivity index (χ1) is 11.5. The smallest absolute Gasteiger partial charge is 0.253 e. The van der Waals surface area contributed by atoms with E-state index in [9.17, 15) is 4.79 Å². The molecule has 0 unspecified atom stereocenters. The summed E-state index contributed by atoms with van der Waals surface area (Å²) in [5, 5.41) is 19.2. The second-order valence-electron chi connectivity index (χ2n) is 6.46. The van der Waals surface area contributed by atoms with E-state index in [0.29, 0.717) is 29.0 Å². The van der Waals surface area contributed by atoms with Gasteiger partial charge in [-0.1, -0.05) is 6.92 Å². The standard InChI is InChI=1S/C17H23N5O2/c1-4-13-9-15(10(2)19-21-13)17(23)18-14-6-5-12(7-14)8-16-22-20-11(3)24-16/h9,12,14H,4-8H2,1-3H3,(H,18,23)/t12-,14+/m1/s1. The predicted octanol–water partition coefficient (Wildman–Crippen LogP) is 2.18. The largest absolute Gasteiger partial charge is 0.426 e. The van der Waals surface area contributed by atoms with Crippen LogP contribution in [0.3, 0.4) is 0 Å². The van der Waals surface area contributed by atoms with Crippen LogP contribution < -0.4 is 5.32 Å². The number of amides is 1. The van der Waals surface area contributed by atoms with E-state index >= 15 is 0 Å². The zero-order valence-corrected chi connectivity index (χ0v) is 14.4. The molecule has 1 N–H and O–H groups in total. The van der Waals surface area contributed by atoms with Crippen LogP contribution in [0.4, 0.5) is 0 Å². The van der Waals surface area contributed by atoms with Crippen LogP contribution in [0, 0.1) is 19.8 Å². The number of rotatable bonds is 5. The van der Waals surface area contributed by atoms with Crippen molar-refractivity contribution in [1.29, 1.82) is 0 Å². The summed E-state index contributed by atoms with van der Waals surface area (Å²) in [4.78, 5) is 12.5. The maximum Gasteiger partial charge on any atom is 0.253 e. The first kappa shape index (κ1) is 16.5. The predicted molar refractivity (Wildman–Crippen MR) is 87.5 cm³/mol. The van der Waals surface area contributed by atoms with Gasteiger partial charge in [0.2, 0.25) is 11.8 Å². The van der Waals surface area contributed by atoms with Crippen LogP contribution in [-0.4, -0.2) is 32.3 Å². The number of carbonyl (C=O) groups is 1. The third-order valence-electron chi connectivity index (χ3n) is 4.54. The molecule has 0 radical (unpaired) electrons. The van der Waals surface area contributed by atoms with Gasteiger partial charge in [-0.3, -0.25) is 4.79 Å². The van der Waals surface area contributed by atoms with Crippen molar-refractivity contribution in [2.45, 2.75) is 58.9 Å². The summed E-state index contributed by atoms with van der Waals surface area (Å²) < 4.78 is 5.45. The molecule has 2 heterocycles. The molecule has 0 aliphatic heterocycles. The van der Waals surface area contributed by atoms with E-state index in [4.69, 9.17) is 4.42 Å². The summed E-state index contributed by atoms with van der Waals surface area (Å²) in [7, 11) is 0. The molecule has 0 spiro atoms. The molecule has 1 aliphatic rings. The Morgan fingerprint density at radius 1 is 1.25 bits per heavy atom. The summed E-state index contributed by atoms with van der Waals surface area (Å²) in [5.74, 6) is 1.70. The lowest BCUT2D eigenvalue weighted by atomic mass is 10.0. The van der Waals surface area contributed by atoms with Crippen LogP contribution in [0.1, 0.15) is 59.7 Å². The van der Waals surface area contributed by atoms with Gasteiger partial charge in [-0.2, -0.15) is 10.2 Å².